The first-order valence-corrected chi connectivity index (χ1v) is 5.87. The lowest BCUT2D eigenvalue weighted by Gasteiger charge is -2.10. The normalized spacial score (nSPS) is 14.4. The zero-order chi connectivity index (χ0) is 13.2. The van der Waals surface area contributed by atoms with Gasteiger partial charge in [-0.1, -0.05) is 18.2 Å². The van der Waals surface area contributed by atoms with Gasteiger partial charge in [0, 0.05) is 6.54 Å². The molecule has 0 aliphatic carbocycles. The van der Waals surface area contributed by atoms with Crippen molar-refractivity contribution in [2.24, 2.45) is 0 Å². The fraction of sp³-hybridized carbons (Fsp3) is 0.0714. The van der Waals surface area contributed by atoms with Crippen LogP contribution in [0.4, 0.5) is 0 Å². The molecule has 0 radical (unpaired) electrons. The number of H-pyrrole nitrogens is 1. The molecular weight excluding hydrogens is 242 g/mol. The summed E-state index contributed by atoms with van der Waals surface area (Å²) in [5.74, 6) is -0.482. The molecule has 0 saturated carbocycles. The molecule has 0 unspecified atom stereocenters. The van der Waals surface area contributed by atoms with Crippen LogP contribution in [0.1, 0.15) is 26.4 Å². The highest BCUT2D eigenvalue weighted by Crippen LogP contribution is 2.22. The number of aromatic amines is 1. The first-order chi connectivity index (χ1) is 9.27. The highest BCUT2D eigenvalue weighted by atomic mass is 16.2. The maximum Gasteiger partial charge on any atom is 0.261 e. The van der Waals surface area contributed by atoms with E-state index in [-0.39, 0.29) is 18.4 Å². The third-order valence-electron chi connectivity index (χ3n) is 2.98. The third kappa shape index (κ3) is 1.95. The van der Waals surface area contributed by atoms with E-state index in [4.69, 9.17) is 0 Å². The molecule has 0 saturated heterocycles. The first-order valence-electron chi connectivity index (χ1n) is 5.87. The number of carbonyl (C=O) groups excluding carboxylic acids is 2. The van der Waals surface area contributed by atoms with E-state index in [0.29, 0.717) is 11.1 Å². The predicted molar refractivity (Wildman–Crippen MR) is 69.4 cm³/mol. The van der Waals surface area contributed by atoms with Crippen molar-refractivity contribution in [3.05, 3.63) is 59.7 Å². The van der Waals surface area contributed by atoms with Crippen LogP contribution in [0.2, 0.25) is 0 Å². The van der Waals surface area contributed by atoms with Crippen LogP contribution in [-0.4, -0.2) is 33.2 Å². The lowest BCUT2D eigenvalue weighted by molar-refractivity contribution is 0.0672. The summed E-state index contributed by atoms with van der Waals surface area (Å²) in [6.45, 7) is 0.255. The molecule has 1 aromatic heterocycles. The molecule has 1 aliphatic heterocycles. The number of benzene rings is 1. The van der Waals surface area contributed by atoms with Gasteiger partial charge in [0.05, 0.1) is 29.3 Å². The Bertz CT molecular complexity index is 624. The Morgan fingerprint density at radius 2 is 1.84 bits per heavy atom. The van der Waals surface area contributed by atoms with Gasteiger partial charge in [0.25, 0.3) is 11.8 Å². The quantitative estimate of drug-likeness (QED) is 0.847. The molecule has 3 rings (SSSR count). The monoisotopic (exact) mass is 253 g/mol. The topological polar surface area (TPSA) is 66.1 Å². The lowest BCUT2D eigenvalue weighted by atomic mass is 10.1. The molecule has 5 nitrogen and oxygen atoms in total. The lowest BCUT2D eigenvalue weighted by Crippen LogP contribution is -2.29. The second-order valence-electron chi connectivity index (χ2n) is 4.18. The van der Waals surface area contributed by atoms with E-state index in [0.717, 1.165) is 5.69 Å². The molecule has 2 aromatic rings. The molecule has 0 bridgehead atoms. The zero-order valence-electron chi connectivity index (χ0n) is 10.0. The smallest absolute Gasteiger partial charge is 0.261 e. The van der Waals surface area contributed by atoms with Crippen molar-refractivity contribution in [3.8, 4) is 0 Å². The van der Waals surface area contributed by atoms with E-state index >= 15 is 0 Å². The summed E-state index contributed by atoms with van der Waals surface area (Å²) in [6, 6.07) is 6.87. The zero-order valence-corrected chi connectivity index (χ0v) is 10.0. The minimum absolute atomic E-state index is 0.241. The van der Waals surface area contributed by atoms with Gasteiger partial charge >= 0.3 is 0 Å². The van der Waals surface area contributed by atoms with Gasteiger partial charge in [0.15, 0.2) is 0 Å². The van der Waals surface area contributed by atoms with E-state index in [1.807, 2.05) is 0 Å². The number of nitrogens with zero attached hydrogens (tertiary/aromatic N) is 2. The number of fused-ring (bicyclic) bond motifs is 1. The highest BCUT2D eigenvalue weighted by Gasteiger charge is 2.33. The van der Waals surface area contributed by atoms with Gasteiger partial charge in [-0.3, -0.25) is 14.5 Å². The number of aromatic nitrogens is 2. The first kappa shape index (κ1) is 11.4. The van der Waals surface area contributed by atoms with Crippen LogP contribution >= 0.6 is 0 Å². The molecule has 94 valence electrons. The van der Waals surface area contributed by atoms with Crippen molar-refractivity contribution < 1.29 is 9.59 Å². The van der Waals surface area contributed by atoms with Gasteiger partial charge in [0.1, 0.15) is 0 Å². The molecule has 0 atom stereocenters. The second-order valence-corrected chi connectivity index (χ2v) is 4.18. The summed E-state index contributed by atoms with van der Waals surface area (Å²) in [4.78, 5) is 32.1. The van der Waals surface area contributed by atoms with Crippen LogP contribution in [0.5, 0.6) is 0 Å². The summed E-state index contributed by atoms with van der Waals surface area (Å²) in [5.41, 5.74) is 1.78. The van der Waals surface area contributed by atoms with Crippen molar-refractivity contribution in [2.75, 3.05) is 6.54 Å². The van der Waals surface area contributed by atoms with Gasteiger partial charge in [-0.05, 0) is 18.2 Å². The van der Waals surface area contributed by atoms with Crippen LogP contribution in [0.3, 0.4) is 0 Å². The van der Waals surface area contributed by atoms with Gasteiger partial charge < -0.3 is 4.98 Å². The van der Waals surface area contributed by atoms with Gasteiger partial charge in [-0.2, -0.15) is 0 Å². The Hall–Kier alpha value is -2.69. The molecule has 1 aliphatic rings. The molecule has 2 heterocycles. The van der Waals surface area contributed by atoms with E-state index in [2.05, 4.69) is 9.97 Å². The summed E-state index contributed by atoms with van der Waals surface area (Å²) in [7, 11) is 0. The average Bonchev–Trinajstić information content (AvgIpc) is 3.02. The van der Waals surface area contributed by atoms with Crippen LogP contribution < -0.4 is 0 Å². The van der Waals surface area contributed by atoms with Gasteiger partial charge in [0.2, 0.25) is 0 Å². The SMILES string of the molecule is O=C1c2ccccc2C(=O)N1CC=Cc1cnc[nH]1. The van der Waals surface area contributed by atoms with Crippen LogP contribution in [-0.2, 0) is 0 Å². The number of amides is 2. The Labute approximate surface area is 109 Å². The predicted octanol–water partition coefficient (Wildman–Crippen LogP) is 1.72. The molecule has 1 N–H and O–H groups in total. The minimum atomic E-state index is -0.241. The van der Waals surface area contributed by atoms with Crippen LogP contribution in [0, 0.1) is 0 Å². The van der Waals surface area contributed by atoms with Crippen molar-refractivity contribution in [3.63, 3.8) is 0 Å². The molecule has 1 aromatic carbocycles. The van der Waals surface area contributed by atoms with E-state index in [1.165, 1.54) is 4.90 Å². The van der Waals surface area contributed by atoms with E-state index < -0.39 is 0 Å². The number of imide groups is 1. The molecule has 5 heteroatoms. The van der Waals surface area contributed by atoms with Crippen LogP contribution in [0.25, 0.3) is 6.08 Å². The fourth-order valence-electron chi connectivity index (χ4n) is 2.05. The number of rotatable bonds is 3. The minimum Gasteiger partial charge on any atom is -0.345 e. The highest BCUT2D eigenvalue weighted by molar-refractivity contribution is 6.21. The Morgan fingerprint density at radius 3 is 2.42 bits per heavy atom. The Balaban J connectivity index is 1.77. The molecule has 0 spiro atoms. The van der Waals surface area contributed by atoms with Gasteiger partial charge in [-0.25, -0.2) is 4.98 Å². The summed E-state index contributed by atoms with van der Waals surface area (Å²) < 4.78 is 0. The van der Waals surface area contributed by atoms with Crippen molar-refractivity contribution in [1.29, 1.82) is 0 Å². The van der Waals surface area contributed by atoms with Crippen LogP contribution in [0.15, 0.2) is 42.9 Å². The second kappa shape index (κ2) is 4.53. The largest absolute Gasteiger partial charge is 0.345 e. The van der Waals surface area contributed by atoms with Crippen molar-refractivity contribution in [1.82, 2.24) is 14.9 Å². The fourth-order valence-corrected chi connectivity index (χ4v) is 2.05. The number of hydrogen-bond acceptors (Lipinski definition) is 3. The van der Waals surface area contributed by atoms with E-state index in [1.54, 1.807) is 48.9 Å². The molecule has 2 amide bonds. The van der Waals surface area contributed by atoms with Crippen molar-refractivity contribution in [2.45, 2.75) is 0 Å². The number of hydrogen-bond donors (Lipinski definition) is 1. The number of carbonyl (C=O) groups is 2. The standard InChI is InChI=1S/C14H11N3O2/c18-13-11-5-1-2-6-12(11)14(19)17(13)7-3-4-10-8-15-9-16-10/h1-6,8-9H,7H2,(H,15,16). The maximum atomic E-state index is 12.1. The number of imidazole rings is 1. The number of nitrogens with one attached hydrogen (secondary N) is 1. The van der Waals surface area contributed by atoms with E-state index in [9.17, 15) is 9.59 Å². The van der Waals surface area contributed by atoms with Gasteiger partial charge in [-0.15, -0.1) is 0 Å². The molecule has 19 heavy (non-hydrogen) atoms. The average molecular weight is 253 g/mol. The third-order valence-corrected chi connectivity index (χ3v) is 2.98. The maximum absolute atomic E-state index is 12.1. The molecule has 0 fully saturated rings. The Kier molecular flexibility index (Phi) is 2.72. The Morgan fingerprint density at radius 1 is 1.16 bits per heavy atom. The summed E-state index contributed by atoms with van der Waals surface area (Å²) >= 11 is 0. The molecular formula is C14H11N3O2. The summed E-state index contributed by atoms with van der Waals surface area (Å²) in [5, 5.41) is 0. The van der Waals surface area contributed by atoms with Crippen molar-refractivity contribution >= 4 is 17.9 Å². The summed E-state index contributed by atoms with van der Waals surface area (Å²) in [6.07, 6.45) is 6.78.